The summed E-state index contributed by atoms with van der Waals surface area (Å²) in [4.78, 5) is 21.8. The van der Waals surface area contributed by atoms with Gasteiger partial charge in [0.15, 0.2) is 0 Å². The number of hydrogen-bond acceptors (Lipinski definition) is 5. The van der Waals surface area contributed by atoms with Crippen molar-refractivity contribution in [2.75, 3.05) is 42.9 Å². The molecule has 1 amide bonds. The molecule has 4 aromatic rings. The van der Waals surface area contributed by atoms with Crippen LogP contribution in [0.2, 0.25) is 5.02 Å². The van der Waals surface area contributed by atoms with E-state index in [0.29, 0.717) is 6.54 Å². The molecule has 0 spiro atoms. The van der Waals surface area contributed by atoms with Gasteiger partial charge in [0.2, 0.25) is 5.91 Å². The maximum absolute atomic E-state index is 12.6. The number of carbonyl (C=O) groups is 1. The number of nitrogens with zero attached hydrogens (tertiary/aromatic N) is 3. The van der Waals surface area contributed by atoms with Gasteiger partial charge in [0, 0.05) is 48.1 Å². The van der Waals surface area contributed by atoms with Crippen molar-refractivity contribution in [2.45, 2.75) is 6.92 Å². The molecule has 5 rings (SSSR count). The van der Waals surface area contributed by atoms with Crippen LogP contribution in [0.4, 0.5) is 11.4 Å². The van der Waals surface area contributed by atoms with Crippen molar-refractivity contribution in [3.63, 3.8) is 0 Å². The Labute approximate surface area is 202 Å². The summed E-state index contributed by atoms with van der Waals surface area (Å²) in [6, 6.07) is 22.2. The molecular weight excluding hydrogens is 452 g/mol. The van der Waals surface area contributed by atoms with Crippen molar-refractivity contribution < 1.29 is 4.79 Å². The van der Waals surface area contributed by atoms with Crippen molar-refractivity contribution in [3.8, 4) is 10.6 Å². The van der Waals surface area contributed by atoms with Gasteiger partial charge in [0.05, 0.1) is 16.8 Å². The molecule has 7 heteroatoms. The van der Waals surface area contributed by atoms with Gasteiger partial charge >= 0.3 is 0 Å². The van der Waals surface area contributed by atoms with Crippen LogP contribution in [0.15, 0.2) is 66.7 Å². The van der Waals surface area contributed by atoms with E-state index >= 15 is 0 Å². The summed E-state index contributed by atoms with van der Waals surface area (Å²) < 4.78 is 1.19. The summed E-state index contributed by atoms with van der Waals surface area (Å²) in [5, 5.41) is 4.77. The lowest BCUT2D eigenvalue weighted by molar-refractivity contribution is -0.117. The predicted octanol–water partition coefficient (Wildman–Crippen LogP) is 5.69. The largest absolute Gasteiger partial charge is 0.369 e. The smallest absolute Gasteiger partial charge is 0.238 e. The fourth-order valence-electron chi connectivity index (χ4n) is 4.07. The van der Waals surface area contributed by atoms with Crippen LogP contribution in [0.3, 0.4) is 0 Å². The number of thiazole rings is 1. The average Bonchev–Trinajstić information content (AvgIpc) is 3.24. The Bertz CT molecular complexity index is 1260. The maximum atomic E-state index is 12.6. The lowest BCUT2D eigenvalue weighted by atomic mass is 10.2. The lowest BCUT2D eigenvalue weighted by Gasteiger charge is -2.35. The van der Waals surface area contributed by atoms with Crippen LogP contribution < -0.4 is 10.2 Å². The minimum absolute atomic E-state index is 0.0122. The SMILES string of the molecule is Cc1ccc2nc(-c3ccc(NC(=O)CN4CCN(c5ccc(Cl)cc5)CC4)cc3)sc2c1. The monoisotopic (exact) mass is 476 g/mol. The zero-order valence-corrected chi connectivity index (χ0v) is 20.0. The Hall–Kier alpha value is -2.93. The van der Waals surface area contributed by atoms with Crippen LogP contribution >= 0.6 is 22.9 Å². The van der Waals surface area contributed by atoms with Gasteiger partial charge in [-0.15, -0.1) is 11.3 Å². The summed E-state index contributed by atoms with van der Waals surface area (Å²) in [6.45, 7) is 5.98. The minimum Gasteiger partial charge on any atom is -0.369 e. The molecule has 1 aliphatic heterocycles. The number of aromatic nitrogens is 1. The van der Waals surface area contributed by atoms with E-state index in [9.17, 15) is 4.79 Å². The average molecular weight is 477 g/mol. The number of halogens is 1. The van der Waals surface area contributed by atoms with Crippen LogP contribution in [0.25, 0.3) is 20.8 Å². The first kappa shape index (κ1) is 21.9. The van der Waals surface area contributed by atoms with Gasteiger partial charge < -0.3 is 10.2 Å². The van der Waals surface area contributed by atoms with E-state index in [1.807, 2.05) is 48.5 Å². The number of amides is 1. The molecule has 3 aromatic carbocycles. The molecular formula is C26H25ClN4OS. The summed E-state index contributed by atoms with van der Waals surface area (Å²) in [5.74, 6) is 0.0122. The molecule has 2 heterocycles. The Kier molecular flexibility index (Phi) is 6.31. The Morgan fingerprint density at radius 3 is 2.45 bits per heavy atom. The molecule has 0 bridgehead atoms. The highest BCUT2D eigenvalue weighted by Gasteiger charge is 2.19. The van der Waals surface area contributed by atoms with E-state index in [2.05, 4.69) is 40.2 Å². The van der Waals surface area contributed by atoms with Crippen LogP contribution in [0.1, 0.15) is 5.56 Å². The third-order valence-corrected chi connectivity index (χ3v) is 7.21. The van der Waals surface area contributed by atoms with Gasteiger partial charge in [0.25, 0.3) is 0 Å². The molecule has 0 saturated carbocycles. The van der Waals surface area contributed by atoms with E-state index in [0.717, 1.165) is 53.0 Å². The first-order chi connectivity index (χ1) is 16.0. The number of benzene rings is 3. The first-order valence-electron chi connectivity index (χ1n) is 11.0. The Morgan fingerprint density at radius 1 is 1.00 bits per heavy atom. The molecule has 1 aromatic heterocycles. The zero-order valence-electron chi connectivity index (χ0n) is 18.4. The van der Waals surface area contributed by atoms with Crippen LogP contribution in [-0.2, 0) is 4.79 Å². The normalized spacial score (nSPS) is 14.5. The van der Waals surface area contributed by atoms with Crippen LogP contribution in [-0.4, -0.2) is 48.5 Å². The standard InChI is InChI=1S/C26H25ClN4OS/c1-18-2-11-23-24(16-18)33-26(29-23)19-3-7-21(8-4-19)28-25(32)17-30-12-14-31(15-13-30)22-9-5-20(27)6-10-22/h2-11,16H,12-15,17H2,1H3,(H,28,32). The van der Waals surface area contributed by atoms with E-state index < -0.39 is 0 Å². The number of rotatable bonds is 5. The molecule has 1 aliphatic rings. The zero-order chi connectivity index (χ0) is 22.8. The van der Waals surface area contributed by atoms with Crippen LogP contribution in [0.5, 0.6) is 0 Å². The van der Waals surface area contributed by atoms with Gasteiger partial charge in [-0.2, -0.15) is 0 Å². The molecule has 33 heavy (non-hydrogen) atoms. The van der Waals surface area contributed by atoms with Crippen molar-refractivity contribution >= 4 is 50.4 Å². The Balaban J connectivity index is 1.14. The lowest BCUT2D eigenvalue weighted by Crippen LogP contribution is -2.48. The van der Waals surface area contributed by atoms with Crippen molar-refractivity contribution in [3.05, 3.63) is 77.3 Å². The maximum Gasteiger partial charge on any atom is 0.238 e. The number of fused-ring (bicyclic) bond motifs is 1. The third kappa shape index (κ3) is 5.19. The fraction of sp³-hybridized carbons (Fsp3) is 0.231. The quantitative estimate of drug-likeness (QED) is 0.402. The van der Waals surface area contributed by atoms with Gasteiger partial charge in [-0.1, -0.05) is 17.7 Å². The van der Waals surface area contributed by atoms with Gasteiger partial charge in [-0.05, 0) is 73.2 Å². The van der Waals surface area contributed by atoms with Gasteiger partial charge in [-0.3, -0.25) is 9.69 Å². The van der Waals surface area contributed by atoms with Crippen LogP contribution in [0, 0.1) is 6.92 Å². The second-order valence-corrected chi connectivity index (χ2v) is 9.82. The van der Waals surface area contributed by atoms with Gasteiger partial charge in [-0.25, -0.2) is 4.98 Å². The van der Waals surface area contributed by atoms with E-state index in [-0.39, 0.29) is 5.91 Å². The summed E-state index contributed by atoms with van der Waals surface area (Å²) in [5.41, 5.74) is 5.30. The molecule has 1 N–H and O–H groups in total. The Morgan fingerprint density at radius 2 is 1.73 bits per heavy atom. The fourth-order valence-corrected chi connectivity index (χ4v) is 5.27. The second-order valence-electron chi connectivity index (χ2n) is 8.36. The highest BCUT2D eigenvalue weighted by atomic mass is 35.5. The number of piperazine rings is 1. The summed E-state index contributed by atoms with van der Waals surface area (Å²) >= 11 is 7.68. The number of hydrogen-bond donors (Lipinski definition) is 1. The van der Waals surface area contributed by atoms with E-state index in [4.69, 9.17) is 16.6 Å². The summed E-state index contributed by atoms with van der Waals surface area (Å²) in [7, 11) is 0. The first-order valence-corrected chi connectivity index (χ1v) is 12.2. The number of aryl methyl sites for hydroxylation is 1. The molecule has 0 aliphatic carbocycles. The second kappa shape index (κ2) is 9.51. The minimum atomic E-state index is 0.0122. The molecule has 0 unspecified atom stereocenters. The predicted molar refractivity (Wildman–Crippen MR) is 139 cm³/mol. The third-order valence-electron chi connectivity index (χ3n) is 5.89. The highest BCUT2D eigenvalue weighted by Crippen LogP contribution is 2.31. The van der Waals surface area contributed by atoms with Crippen molar-refractivity contribution in [1.29, 1.82) is 0 Å². The molecule has 0 radical (unpaired) electrons. The van der Waals surface area contributed by atoms with E-state index in [1.54, 1.807) is 11.3 Å². The van der Waals surface area contributed by atoms with Crippen molar-refractivity contribution in [1.82, 2.24) is 9.88 Å². The molecule has 1 fully saturated rings. The molecule has 1 saturated heterocycles. The number of nitrogens with one attached hydrogen (secondary N) is 1. The van der Waals surface area contributed by atoms with Crippen molar-refractivity contribution in [2.24, 2.45) is 0 Å². The van der Waals surface area contributed by atoms with Gasteiger partial charge in [0.1, 0.15) is 5.01 Å². The molecule has 5 nitrogen and oxygen atoms in total. The highest BCUT2D eigenvalue weighted by molar-refractivity contribution is 7.21. The number of carbonyl (C=O) groups excluding carboxylic acids is 1. The summed E-state index contributed by atoms with van der Waals surface area (Å²) in [6.07, 6.45) is 0. The molecule has 168 valence electrons. The topological polar surface area (TPSA) is 48.5 Å². The number of anilines is 2. The van der Waals surface area contributed by atoms with E-state index in [1.165, 1.54) is 16.0 Å². The molecule has 0 atom stereocenters.